The fourth-order valence-corrected chi connectivity index (χ4v) is 3.78. The van der Waals surface area contributed by atoms with Gasteiger partial charge in [-0.2, -0.15) is 0 Å². The van der Waals surface area contributed by atoms with Crippen LogP contribution in [0.4, 0.5) is 22.9 Å². The van der Waals surface area contributed by atoms with Gasteiger partial charge in [0.1, 0.15) is 24.6 Å². The Hall–Kier alpha value is -4.82. The number of hydrogen-bond donors (Lipinski definition) is 3. The minimum Gasteiger partial charge on any atom is -0.388 e. The SMILES string of the molecule is CC=O.CCCc1ccc(N(C)c2c(C)ncnc2N)cc1.CNC/C=C/C=O.CNc1cccc(C)c1.Cc1ccccc1. The van der Waals surface area contributed by atoms with Crippen LogP contribution >= 0.6 is 0 Å². The van der Waals surface area contributed by atoms with Gasteiger partial charge in [-0.1, -0.05) is 79.6 Å². The summed E-state index contributed by atoms with van der Waals surface area (Å²) in [6, 6.07) is 27.1. The maximum Gasteiger partial charge on any atom is 0.151 e. The summed E-state index contributed by atoms with van der Waals surface area (Å²) in [6.07, 6.45) is 8.50. The van der Waals surface area contributed by atoms with Crippen LogP contribution in [0.15, 0.2) is 97.3 Å². The lowest BCUT2D eigenvalue weighted by Gasteiger charge is -2.22. The summed E-state index contributed by atoms with van der Waals surface area (Å²) in [7, 11) is 5.74. The predicted octanol–water partition coefficient (Wildman–Crippen LogP) is 7.29. The third-order valence-electron chi connectivity index (χ3n) is 6.02. The van der Waals surface area contributed by atoms with Crippen molar-refractivity contribution in [3.8, 4) is 0 Å². The van der Waals surface area contributed by atoms with Crippen molar-refractivity contribution >= 4 is 35.5 Å². The average molecular weight is 613 g/mol. The maximum atomic E-state index is 9.57. The number of carbonyl (C=O) groups excluding carboxylic acids is 2. The zero-order valence-corrected chi connectivity index (χ0v) is 28.2. The number of anilines is 4. The molecule has 242 valence electrons. The molecule has 4 rings (SSSR count). The van der Waals surface area contributed by atoms with E-state index in [1.165, 1.54) is 41.7 Å². The van der Waals surface area contributed by atoms with E-state index in [1.807, 2.05) is 63.3 Å². The maximum absolute atomic E-state index is 9.57. The topological polar surface area (TPSA) is 113 Å². The summed E-state index contributed by atoms with van der Waals surface area (Å²) in [5, 5.41) is 5.92. The second-order valence-corrected chi connectivity index (χ2v) is 9.80. The Labute approximate surface area is 270 Å². The Morgan fingerprint density at radius 2 is 1.49 bits per heavy atom. The predicted molar refractivity (Wildman–Crippen MR) is 192 cm³/mol. The molecular weight excluding hydrogens is 560 g/mol. The largest absolute Gasteiger partial charge is 0.388 e. The number of benzene rings is 3. The normalized spacial score (nSPS) is 9.42. The van der Waals surface area contributed by atoms with Gasteiger partial charge in [0.25, 0.3) is 0 Å². The number of rotatable bonds is 8. The second kappa shape index (κ2) is 25.7. The number of aromatic nitrogens is 2. The summed E-state index contributed by atoms with van der Waals surface area (Å²) in [6.45, 7) is 10.5. The summed E-state index contributed by atoms with van der Waals surface area (Å²) in [5.74, 6) is 0.507. The molecule has 0 aliphatic heterocycles. The molecule has 0 spiro atoms. The van der Waals surface area contributed by atoms with Crippen LogP contribution in [0.1, 0.15) is 42.7 Å². The molecule has 45 heavy (non-hydrogen) atoms. The molecule has 3 aromatic carbocycles. The number of nitrogens with one attached hydrogen (secondary N) is 2. The molecule has 4 aromatic rings. The molecule has 8 nitrogen and oxygen atoms in total. The monoisotopic (exact) mass is 612 g/mol. The van der Waals surface area contributed by atoms with Gasteiger partial charge in [-0.3, -0.25) is 4.79 Å². The minimum atomic E-state index is 0.507. The van der Waals surface area contributed by atoms with Gasteiger partial charge >= 0.3 is 0 Å². The molecule has 0 bridgehead atoms. The molecule has 8 heteroatoms. The number of aryl methyl sites for hydroxylation is 4. The van der Waals surface area contributed by atoms with E-state index in [0.717, 1.165) is 49.0 Å². The van der Waals surface area contributed by atoms with Gasteiger partial charge in [0.15, 0.2) is 5.82 Å². The van der Waals surface area contributed by atoms with Gasteiger partial charge in [-0.25, -0.2) is 9.97 Å². The van der Waals surface area contributed by atoms with Crippen LogP contribution in [0.3, 0.4) is 0 Å². The number of allylic oxidation sites excluding steroid dienone is 1. The quantitative estimate of drug-likeness (QED) is 0.140. The fraction of sp³-hybridized carbons (Fsp3) is 0.297. The number of likely N-dealkylation sites (N-methyl/N-ethyl adjacent to an activating group) is 1. The Morgan fingerprint density at radius 3 is 1.93 bits per heavy atom. The van der Waals surface area contributed by atoms with Crippen molar-refractivity contribution in [2.24, 2.45) is 0 Å². The smallest absolute Gasteiger partial charge is 0.151 e. The molecule has 0 aliphatic carbocycles. The van der Waals surface area contributed by atoms with Crippen molar-refractivity contribution in [2.45, 2.75) is 47.5 Å². The molecule has 0 fully saturated rings. The molecule has 1 heterocycles. The van der Waals surface area contributed by atoms with Crippen LogP contribution in [0.5, 0.6) is 0 Å². The number of carbonyl (C=O) groups is 2. The van der Waals surface area contributed by atoms with Crippen LogP contribution < -0.4 is 21.3 Å². The van der Waals surface area contributed by atoms with E-state index in [0.29, 0.717) is 5.82 Å². The van der Waals surface area contributed by atoms with Gasteiger partial charge in [-0.05, 0) is 82.6 Å². The van der Waals surface area contributed by atoms with Gasteiger partial charge in [-0.15, -0.1) is 0 Å². The highest BCUT2D eigenvalue weighted by molar-refractivity contribution is 5.73. The Morgan fingerprint density at radius 1 is 0.867 bits per heavy atom. The molecule has 0 saturated carbocycles. The molecule has 1 aromatic heterocycles. The number of aldehydes is 2. The van der Waals surface area contributed by atoms with E-state index >= 15 is 0 Å². The van der Waals surface area contributed by atoms with Gasteiger partial charge in [0.05, 0.1) is 5.69 Å². The zero-order valence-electron chi connectivity index (χ0n) is 28.2. The van der Waals surface area contributed by atoms with Crippen LogP contribution in [-0.2, 0) is 16.0 Å². The van der Waals surface area contributed by atoms with E-state index < -0.39 is 0 Å². The third-order valence-corrected chi connectivity index (χ3v) is 6.02. The van der Waals surface area contributed by atoms with E-state index in [9.17, 15) is 4.79 Å². The molecular formula is C37H52N6O2. The van der Waals surface area contributed by atoms with E-state index in [-0.39, 0.29) is 0 Å². The molecule has 0 atom stereocenters. The van der Waals surface area contributed by atoms with Crippen LogP contribution in [0.2, 0.25) is 0 Å². The van der Waals surface area contributed by atoms with E-state index in [1.54, 1.807) is 6.08 Å². The summed E-state index contributed by atoms with van der Waals surface area (Å²) in [5.41, 5.74) is 13.9. The lowest BCUT2D eigenvalue weighted by molar-refractivity contribution is -0.106. The fourth-order valence-electron chi connectivity index (χ4n) is 3.78. The van der Waals surface area contributed by atoms with Crippen molar-refractivity contribution in [1.29, 1.82) is 0 Å². The molecule has 0 saturated heterocycles. The highest BCUT2D eigenvalue weighted by atomic mass is 16.1. The zero-order chi connectivity index (χ0) is 33.9. The van der Waals surface area contributed by atoms with Crippen LogP contribution in [0, 0.1) is 20.8 Å². The Balaban J connectivity index is 0.000000620. The molecule has 4 N–H and O–H groups in total. The summed E-state index contributed by atoms with van der Waals surface area (Å²) >= 11 is 0. The second-order valence-electron chi connectivity index (χ2n) is 9.80. The summed E-state index contributed by atoms with van der Waals surface area (Å²) in [4.78, 5) is 28.7. The molecule has 0 amide bonds. The van der Waals surface area contributed by atoms with E-state index in [4.69, 9.17) is 10.5 Å². The highest BCUT2D eigenvalue weighted by Crippen LogP contribution is 2.29. The van der Waals surface area contributed by atoms with Crippen molar-refractivity contribution in [3.63, 3.8) is 0 Å². The average Bonchev–Trinajstić information content (AvgIpc) is 3.03. The molecule has 0 unspecified atom stereocenters. The van der Waals surface area contributed by atoms with Crippen LogP contribution in [0.25, 0.3) is 0 Å². The van der Waals surface area contributed by atoms with Gasteiger partial charge in [0, 0.05) is 32.0 Å². The number of hydrogen-bond acceptors (Lipinski definition) is 8. The first kappa shape index (κ1) is 40.2. The first-order chi connectivity index (χ1) is 21.7. The first-order valence-corrected chi connectivity index (χ1v) is 15.0. The van der Waals surface area contributed by atoms with Crippen molar-refractivity contribution < 1.29 is 9.59 Å². The number of nitrogens with two attached hydrogens (primary N) is 1. The summed E-state index contributed by atoms with van der Waals surface area (Å²) < 4.78 is 0. The van der Waals surface area contributed by atoms with Crippen molar-refractivity contribution in [2.75, 3.05) is 43.6 Å². The minimum absolute atomic E-state index is 0.507. The lowest BCUT2D eigenvalue weighted by atomic mass is 10.1. The van der Waals surface area contributed by atoms with Crippen molar-refractivity contribution in [1.82, 2.24) is 15.3 Å². The van der Waals surface area contributed by atoms with Crippen molar-refractivity contribution in [3.05, 3.63) is 120 Å². The molecule has 0 aliphatic rings. The Bertz CT molecular complexity index is 1340. The number of nitrogen functional groups attached to an aromatic ring is 1. The molecule has 0 radical (unpaired) electrons. The highest BCUT2D eigenvalue weighted by Gasteiger charge is 2.12. The van der Waals surface area contributed by atoms with Gasteiger partial charge < -0.3 is 26.1 Å². The van der Waals surface area contributed by atoms with E-state index in [2.05, 4.69) is 89.9 Å². The number of nitrogens with zero attached hydrogens (tertiary/aromatic N) is 3. The standard InChI is InChI=1S/C15H20N4.C8H11N.C7H8.C5H9NO.C2H4O/c1-4-5-12-6-8-13(9-7-12)19(3)14-11(2)17-10-18-15(14)16;1-7-4-3-5-8(6-7)9-2;1-7-5-3-2-4-6-7;1-6-4-2-3-5-7;1-2-3/h6-10H,4-5H2,1-3H3,(H2,16,17,18);3-6,9H,1-2H3;2-6H,1H3;2-3,5-6H,4H2,1H3;2H,1H3/b;;;3-2+;. The van der Waals surface area contributed by atoms with Crippen LogP contribution in [-0.4, -0.2) is 50.2 Å². The Kier molecular flexibility index (Phi) is 22.9. The lowest BCUT2D eigenvalue weighted by Crippen LogP contribution is -2.14. The third kappa shape index (κ3) is 18.5. The first-order valence-electron chi connectivity index (χ1n) is 15.0. The van der Waals surface area contributed by atoms with Gasteiger partial charge in [0.2, 0.25) is 0 Å².